The lowest BCUT2D eigenvalue weighted by molar-refractivity contribution is 0.0695. The van der Waals surface area contributed by atoms with Gasteiger partial charge in [0.1, 0.15) is 29.6 Å². The molecule has 0 saturated heterocycles. The van der Waals surface area contributed by atoms with Crippen LogP contribution in [0.1, 0.15) is 33.0 Å². The lowest BCUT2D eigenvalue weighted by Crippen LogP contribution is -2.15. The van der Waals surface area contributed by atoms with Crippen molar-refractivity contribution < 1.29 is 24.5 Å². The van der Waals surface area contributed by atoms with Crippen LogP contribution < -0.4 is 9.47 Å². The molecular weight excluding hydrogens is 356 g/mol. The first-order chi connectivity index (χ1) is 13.6. The summed E-state index contributed by atoms with van der Waals surface area (Å²) in [6.07, 6.45) is 1.65. The van der Waals surface area contributed by atoms with Gasteiger partial charge in [0, 0.05) is 29.2 Å². The van der Waals surface area contributed by atoms with Crippen molar-refractivity contribution in [3.8, 4) is 23.0 Å². The van der Waals surface area contributed by atoms with E-state index in [0.717, 1.165) is 11.1 Å². The summed E-state index contributed by atoms with van der Waals surface area (Å²) in [5.41, 5.74) is 2.51. The molecular formula is C23H18O5. The minimum Gasteiger partial charge on any atom is -0.508 e. The Bertz CT molecular complexity index is 1070. The van der Waals surface area contributed by atoms with E-state index in [4.69, 9.17) is 9.47 Å². The Morgan fingerprint density at radius 3 is 2.50 bits per heavy atom. The lowest BCUT2D eigenvalue weighted by Gasteiger charge is -2.29. The number of hydrogen-bond acceptors (Lipinski definition) is 4. The predicted octanol–water partition coefficient (Wildman–Crippen LogP) is 4.94. The first kappa shape index (κ1) is 17.7. The number of aromatic hydroxyl groups is 1. The lowest BCUT2D eigenvalue weighted by atomic mass is 9.80. The number of carbonyl (C=O) groups is 1. The number of benzene rings is 3. The van der Waals surface area contributed by atoms with Crippen molar-refractivity contribution in [1.29, 1.82) is 0 Å². The van der Waals surface area contributed by atoms with E-state index in [9.17, 15) is 15.0 Å². The fourth-order valence-electron chi connectivity index (χ4n) is 3.50. The SMILES string of the molecule is C=CCOc1ccc2c(c1)Oc1cc(O)ccc1C2c1ccccc1C(=O)O. The average molecular weight is 374 g/mol. The third-order valence-corrected chi connectivity index (χ3v) is 4.69. The van der Waals surface area contributed by atoms with Gasteiger partial charge in [0.15, 0.2) is 0 Å². The second-order valence-electron chi connectivity index (χ2n) is 6.45. The number of fused-ring (bicyclic) bond motifs is 2. The van der Waals surface area contributed by atoms with Gasteiger partial charge < -0.3 is 19.7 Å². The Balaban J connectivity index is 1.92. The summed E-state index contributed by atoms with van der Waals surface area (Å²) in [5.74, 6) is 0.400. The number of rotatable bonds is 5. The van der Waals surface area contributed by atoms with E-state index in [1.807, 2.05) is 24.3 Å². The maximum atomic E-state index is 11.8. The Hall–Kier alpha value is -3.73. The van der Waals surface area contributed by atoms with Crippen LogP contribution in [0.3, 0.4) is 0 Å². The van der Waals surface area contributed by atoms with E-state index in [2.05, 4.69) is 6.58 Å². The summed E-state index contributed by atoms with van der Waals surface area (Å²) in [5, 5.41) is 19.6. The molecule has 1 heterocycles. The molecule has 1 aliphatic heterocycles. The number of hydrogen-bond donors (Lipinski definition) is 2. The molecule has 5 heteroatoms. The molecule has 0 aromatic heterocycles. The first-order valence-corrected chi connectivity index (χ1v) is 8.79. The van der Waals surface area contributed by atoms with Crippen LogP contribution in [0.15, 0.2) is 73.3 Å². The zero-order valence-corrected chi connectivity index (χ0v) is 15.0. The summed E-state index contributed by atoms with van der Waals surface area (Å²) < 4.78 is 11.6. The molecule has 5 nitrogen and oxygen atoms in total. The first-order valence-electron chi connectivity index (χ1n) is 8.79. The smallest absolute Gasteiger partial charge is 0.335 e. The molecule has 1 aliphatic rings. The third kappa shape index (κ3) is 3.07. The number of aromatic carboxylic acids is 1. The van der Waals surface area contributed by atoms with Crippen LogP contribution in [0.25, 0.3) is 0 Å². The van der Waals surface area contributed by atoms with E-state index in [-0.39, 0.29) is 17.2 Å². The summed E-state index contributed by atoms with van der Waals surface area (Å²) in [6, 6.07) is 17.3. The van der Waals surface area contributed by atoms with Gasteiger partial charge in [-0.1, -0.05) is 43.0 Å². The molecule has 0 radical (unpaired) electrons. The minimum atomic E-state index is -0.991. The highest BCUT2D eigenvalue weighted by Gasteiger charge is 2.31. The van der Waals surface area contributed by atoms with Crippen molar-refractivity contribution in [3.63, 3.8) is 0 Å². The van der Waals surface area contributed by atoms with Crippen LogP contribution in [0, 0.1) is 0 Å². The quantitative estimate of drug-likeness (QED) is 0.484. The highest BCUT2D eigenvalue weighted by molar-refractivity contribution is 5.90. The zero-order valence-electron chi connectivity index (χ0n) is 15.0. The molecule has 0 aliphatic carbocycles. The van der Waals surface area contributed by atoms with Gasteiger partial charge in [-0.15, -0.1) is 0 Å². The van der Waals surface area contributed by atoms with Gasteiger partial charge in [0.25, 0.3) is 0 Å². The molecule has 1 unspecified atom stereocenters. The molecule has 0 amide bonds. The van der Waals surface area contributed by atoms with Crippen LogP contribution in [0.5, 0.6) is 23.0 Å². The maximum Gasteiger partial charge on any atom is 0.335 e. The third-order valence-electron chi connectivity index (χ3n) is 4.69. The summed E-state index contributed by atoms with van der Waals surface area (Å²) >= 11 is 0. The molecule has 0 fully saturated rings. The predicted molar refractivity (Wildman–Crippen MR) is 105 cm³/mol. The number of ether oxygens (including phenoxy) is 2. The molecule has 1 atom stereocenters. The van der Waals surface area contributed by atoms with E-state index in [1.54, 1.807) is 36.4 Å². The van der Waals surface area contributed by atoms with Crippen molar-refractivity contribution in [1.82, 2.24) is 0 Å². The molecule has 0 bridgehead atoms. The highest BCUT2D eigenvalue weighted by Crippen LogP contribution is 2.49. The Kier molecular flexibility index (Phi) is 4.49. The van der Waals surface area contributed by atoms with Gasteiger partial charge in [-0.3, -0.25) is 0 Å². The molecule has 0 saturated carbocycles. The van der Waals surface area contributed by atoms with Crippen LogP contribution in [-0.4, -0.2) is 22.8 Å². The molecule has 2 N–H and O–H groups in total. The number of phenolic OH excluding ortho intramolecular Hbond substituents is 1. The van der Waals surface area contributed by atoms with Crippen LogP contribution in [0.2, 0.25) is 0 Å². The molecule has 4 rings (SSSR count). The van der Waals surface area contributed by atoms with Crippen LogP contribution in [-0.2, 0) is 0 Å². The van der Waals surface area contributed by atoms with Gasteiger partial charge in [-0.2, -0.15) is 0 Å². The zero-order chi connectivity index (χ0) is 19.7. The van der Waals surface area contributed by atoms with Crippen LogP contribution >= 0.6 is 0 Å². The van der Waals surface area contributed by atoms with E-state index >= 15 is 0 Å². The fourth-order valence-corrected chi connectivity index (χ4v) is 3.50. The Morgan fingerprint density at radius 2 is 1.75 bits per heavy atom. The van der Waals surface area contributed by atoms with E-state index in [0.29, 0.717) is 29.4 Å². The highest BCUT2D eigenvalue weighted by atomic mass is 16.5. The van der Waals surface area contributed by atoms with Crippen LogP contribution in [0.4, 0.5) is 0 Å². The normalized spacial score (nSPS) is 14.4. The number of carboxylic acids is 1. The number of phenols is 1. The van der Waals surface area contributed by atoms with Gasteiger partial charge in [-0.05, 0) is 23.8 Å². The minimum absolute atomic E-state index is 0.0755. The maximum absolute atomic E-state index is 11.8. The van der Waals surface area contributed by atoms with Gasteiger partial charge in [-0.25, -0.2) is 4.79 Å². The van der Waals surface area contributed by atoms with E-state index < -0.39 is 5.97 Å². The summed E-state index contributed by atoms with van der Waals surface area (Å²) in [7, 11) is 0. The molecule has 140 valence electrons. The second kappa shape index (κ2) is 7.12. The van der Waals surface area contributed by atoms with Crippen molar-refractivity contribution in [2.24, 2.45) is 0 Å². The van der Waals surface area contributed by atoms with Crippen molar-refractivity contribution in [2.75, 3.05) is 6.61 Å². The van der Waals surface area contributed by atoms with Crippen molar-refractivity contribution in [2.45, 2.75) is 5.92 Å². The summed E-state index contributed by atoms with van der Waals surface area (Å²) in [4.78, 5) is 11.8. The van der Waals surface area contributed by atoms with Crippen molar-refractivity contribution >= 4 is 5.97 Å². The molecule has 3 aromatic carbocycles. The molecule has 0 spiro atoms. The van der Waals surface area contributed by atoms with Gasteiger partial charge >= 0.3 is 5.97 Å². The molecule has 3 aromatic rings. The van der Waals surface area contributed by atoms with E-state index in [1.165, 1.54) is 6.07 Å². The number of carboxylic acid groups (broad SMARTS) is 1. The second-order valence-corrected chi connectivity index (χ2v) is 6.45. The largest absolute Gasteiger partial charge is 0.508 e. The molecule has 28 heavy (non-hydrogen) atoms. The average Bonchev–Trinajstić information content (AvgIpc) is 2.70. The Labute approximate surface area is 162 Å². The monoisotopic (exact) mass is 374 g/mol. The van der Waals surface area contributed by atoms with Gasteiger partial charge in [0.2, 0.25) is 0 Å². The van der Waals surface area contributed by atoms with Crippen molar-refractivity contribution in [3.05, 3.63) is 95.6 Å². The standard InChI is InChI=1S/C23H18O5/c1-2-11-27-15-8-10-19-21(13-15)28-20-12-14(24)7-9-18(20)22(19)16-5-3-4-6-17(16)23(25)26/h2-10,12-13,22,24H,1,11H2,(H,25,26). The van der Waals surface area contributed by atoms with Gasteiger partial charge in [0.05, 0.1) is 5.56 Å². The summed E-state index contributed by atoms with van der Waals surface area (Å²) in [6.45, 7) is 4.00. The Morgan fingerprint density at radius 1 is 1.04 bits per heavy atom. The fraction of sp³-hybridized carbons (Fsp3) is 0.0870. The topological polar surface area (TPSA) is 76.0 Å².